The van der Waals surface area contributed by atoms with E-state index in [9.17, 15) is 5.11 Å². The largest absolute Gasteiger partial charge is 0.491 e. The number of benzene rings is 1. The second kappa shape index (κ2) is 7.12. The molecule has 1 aromatic rings. The molecule has 0 aliphatic rings. The molecule has 1 N–H and O–H groups in total. The van der Waals surface area contributed by atoms with Crippen LogP contribution >= 0.6 is 0 Å². The SMILES string of the molecule is CC(CC(O)c1cccc(OC(C)C)c1)CC(C)(C)C. The third-order valence-electron chi connectivity index (χ3n) is 3.20. The molecule has 0 aromatic heterocycles. The van der Waals surface area contributed by atoms with Gasteiger partial charge in [0.05, 0.1) is 12.2 Å². The monoisotopic (exact) mass is 278 g/mol. The van der Waals surface area contributed by atoms with E-state index in [1.165, 1.54) is 0 Å². The first-order valence-corrected chi connectivity index (χ1v) is 7.62. The summed E-state index contributed by atoms with van der Waals surface area (Å²) in [6, 6.07) is 7.82. The summed E-state index contributed by atoms with van der Waals surface area (Å²) < 4.78 is 5.68. The average Bonchev–Trinajstić information content (AvgIpc) is 2.25. The van der Waals surface area contributed by atoms with Crippen molar-refractivity contribution in [2.24, 2.45) is 11.3 Å². The van der Waals surface area contributed by atoms with Crippen molar-refractivity contribution < 1.29 is 9.84 Å². The van der Waals surface area contributed by atoms with Crippen LogP contribution in [0.4, 0.5) is 0 Å². The lowest BCUT2D eigenvalue weighted by Gasteiger charge is -2.25. The molecule has 0 aliphatic carbocycles. The first kappa shape index (κ1) is 17.0. The van der Waals surface area contributed by atoms with Gasteiger partial charge in [0.25, 0.3) is 0 Å². The van der Waals surface area contributed by atoms with E-state index >= 15 is 0 Å². The lowest BCUT2D eigenvalue weighted by atomic mass is 9.82. The van der Waals surface area contributed by atoms with Crippen molar-refractivity contribution >= 4 is 0 Å². The normalized spacial score (nSPS) is 15.2. The van der Waals surface area contributed by atoms with Crippen molar-refractivity contribution in [1.29, 1.82) is 0 Å². The molecule has 2 nitrogen and oxygen atoms in total. The summed E-state index contributed by atoms with van der Waals surface area (Å²) in [5.41, 5.74) is 1.26. The Kier molecular flexibility index (Phi) is 6.07. The van der Waals surface area contributed by atoms with E-state index in [1.807, 2.05) is 38.1 Å². The predicted molar refractivity (Wildman–Crippen MR) is 85.0 cm³/mol. The number of aliphatic hydroxyl groups is 1. The molecule has 1 aromatic carbocycles. The van der Waals surface area contributed by atoms with Gasteiger partial charge in [0, 0.05) is 0 Å². The van der Waals surface area contributed by atoms with E-state index in [-0.39, 0.29) is 6.10 Å². The van der Waals surface area contributed by atoms with Gasteiger partial charge in [0.2, 0.25) is 0 Å². The molecule has 20 heavy (non-hydrogen) atoms. The van der Waals surface area contributed by atoms with Crippen molar-refractivity contribution in [2.75, 3.05) is 0 Å². The van der Waals surface area contributed by atoms with Crippen LogP contribution in [0.1, 0.15) is 66.1 Å². The van der Waals surface area contributed by atoms with E-state index < -0.39 is 6.10 Å². The molecule has 0 bridgehead atoms. The van der Waals surface area contributed by atoms with Crippen LogP contribution in [0.3, 0.4) is 0 Å². The number of ether oxygens (including phenoxy) is 1. The maximum absolute atomic E-state index is 10.4. The van der Waals surface area contributed by atoms with Crippen LogP contribution in [0.2, 0.25) is 0 Å². The van der Waals surface area contributed by atoms with Crippen LogP contribution in [0.15, 0.2) is 24.3 Å². The topological polar surface area (TPSA) is 29.5 Å². The van der Waals surface area contributed by atoms with Crippen LogP contribution < -0.4 is 4.74 Å². The van der Waals surface area contributed by atoms with Gasteiger partial charge in [0.15, 0.2) is 0 Å². The third kappa shape index (κ3) is 6.42. The highest BCUT2D eigenvalue weighted by Gasteiger charge is 2.19. The van der Waals surface area contributed by atoms with Gasteiger partial charge in [-0.3, -0.25) is 0 Å². The van der Waals surface area contributed by atoms with Gasteiger partial charge in [-0.15, -0.1) is 0 Å². The minimum Gasteiger partial charge on any atom is -0.491 e. The second-order valence-electron chi connectivity index (χ2n) is 7.36. The standard InChI is InChI=1S/C18H30O2/c1-13(2)20-16-9-7-8-15(11-16)17(19)10-14(3)12-18(4,5)6/h7-9,11,13-14,17,19H,10,12H2,1-6H3. The van der Waals surface area contributed by atoms with Crippen LogP contribution in [-0.2, 0) is 0 Å². The summed E-state index contributed by atoms with van der Waals surface area (Å²) >= 11 is 0. The minimum atomic E-state index is -0.414. The lowest BCUT2D eigenvalue weighted by molar-refractivity contribution is 0.133. The number of rotatable bonds is 6. The van der Waals surface area contributed by atoms with Crippen molar-refractivity contribution in [2.45, 2.75) is 66.6 Å². The summed E-state index contributed by atoms with van der Waals surface area (Å²) in [6.45, 7) is 13.0. The Bertz CT molecular complexity index is 404. The molecule has 0 amide bonds. The van der Waals surface area contributed by atoms with Crippen LogP contribution in [0.25, 0.3) is 0 Å². The molecule has 1 rings (SSSR count). The number of aliphatic hydroxyl groups excluding tert-OH is 1. The molecule has 2 heteroatoms. The fraction of sp³-hybridized carbons (Fsp3) is 0.667. The van der Waals surface area contributed by atoms with Gasteiger partial charge >= 0.3 is 0 Å². The lowest BCUT2D eigenvalue weighted by Crippen LogP contribution is -2.14. The number of hydrogen-bond acceptors (Lipinski definition) is 2. The molecule has 114 valence electrons. The summed E-state index contributed by atoms with van der Waals surface area (Å²) in [4.78, 5) is 0. The van der Waals surface area contributed by atoms with Crippen molar-refractivity contribution in [3.8, 4) is 5.75 Å². The molecular formula is C18H30O2. The van der Waals surface area contributed by atoms with Gasteiger partial charge in [-0.2, -0.15) is 0 Å². The number of hydrogen-bond donors (Lipinski definition) is 1. The Morgan fingerprint density at radius 2 is 1.80 bits per heavy atom. The van der Waals surface area contributed by atoms with Crippen molar-refractivity contribution in [3.63, 3.8) is 0 Å². The molecule has 0 heterocycles. The fourth-order valence-electron chi connectivity index (χ4n) is 2.71. The highest BCUT2D eigenvalue weighted by atomic mass is 16.5. The predicted octanol–water partition coefficient (Wildman–Crippen LogP) is 4.97. The van der Waals surface area contributed by atoms with Crippen LogP contribution in [-0.4, -0.2) is 11.2 Å². The van der Waals surface area contributed by atoms with Gasteiger partial charge in [-0.25, -0.2) is 0 Å². The Labute approximate surface area is 124 Å². The average molecular weight is 278 g/mol. The molecule has 0 spiro atoms. The molecule has 0 radical (unpaired) electrons. The first-order chi connectivity index (χ1) is 9.17. The highest BCUT2D eigenvalue weighted by molar-refractivity contribution is 5.30. The second-order valence-corrected chi connectivity index (χ2v) is 7.36. The fourth-order valence-corrected chi connectivity index (χ4v) is 2.71. The molecule has 0 saturated heterocycles. The molecular weight excluding hydrogens is 248 g/mol. The molecule has 0 saturated carbocycles. The van der Waals surface area contributed by atoms with E-state index in [0.29, 0.717) is 11.3 Å². The maximum Gasteiger partial charge on any atom is 0.120 e. The van der Waals surface area contributed by atoms with E-state index in [0.717, 1.165) is 24.2 Å². The molecule has 2 atom stereocenters. The van der Waals surface area contributed by atoms with E-state index in [2.05, 4.69) is 27.7 Å². The highest BCUT2D eigenvalue weighted by Crippen LogP contribution is 2.31. The quantitative estimate of drug-likeness (QED) is 0.796. The first-order valence-electron chi connectivity index (χ1n) is 7.62. The van der Waals surface area contributed by atoms with Crippen molar-refractivity contribution in [1.82, 2.24) is 0 Å². The van der Waals surface area contributed by atoms with Gasteiger partial charge < -0.3 is 9.84 Å². The van der Waals surface area contributed by atoms with Crippen molar-refractivity contribution in [3.05, 3.63) is 29.8 Å². The van der Waals surface area contributed by atoms with Gasteiger partial charge in [0.1, 0.15) is 5.75 Å². The zero-order chi connectivity index (χ0) is 15.3. The summed E-state index contributed by atoms with van der Waals surface area (Å²) in [5, 5.41) is 10.4. The zero-order valence-electron chi connectivity index (χ0n) is 13.8. The third-order valence-corrected chi connectivity index (χ3v) is 3.20. The zero-order valence-corrected chi connectivity index (χ0v) is 13.8. The molecule has 0 fully saturated rings. The summed E-state index contributed by atoms with van der Waals surface area (Å²) in [5.74, 6) is 1.33. The van der Waals surface area contributed by atoms with Gasteiger partial charge in [-0.05, 0) is 55.7 Å². The summed E-state index contributed by atoms with van der Waals surface area (Å²) in [7, 11) is 0. The molecule has 2 unspecified atom stereocenters. The van der Waals surface area contributed by atoms with E-state index in [1.54, 1.807) is 0 Å². The minimum absolute atomic E-state index is 0.155. The Morgan fingerprint density at radius 1 is 1.15 bits per heavy atom. The maximum atomic E-state index is 10.4. The Morgan fingerprint density at radius 3 is 2.35 bits per heavy atom. The Balaban J connectivity index is 2.65. The van der Waals surface area contributed by atoms with Crippen LogP contribution in [0, 0.1) is 11.3 Å². The smallest absolute Gasteiger partial charge is 0.120 e. The van der Waals surface area contributed by atoms with E-state index in [4.69, 9.17) is 4.74 Å². The molecule has 0 aliphatic heterocycles. The van der Waals surface area contributed by atoms with Crippen LogP contribution in [0.5, 0.6) is 5.75 Å². The summed E-state index contributed by atoms with van der Waals surface area (Å²) in [6.07, 6.45) is 1.65. The van der Waals surface area contributed by atoms with Gasteiger partial charge in [-0.1, -0.05) is 39.8 Å². The Hall–Kier alpha value is -1.02.